The molecule has 6 aromatic rings. The molecule has 2 aromatic carbocycles. The van der Waals surface area contributed by atoms with Crippen molar-refractivity contribution in [2.75, 3.05) is 13.6 Å². The summed E-state index contributed by atoms with van der Waals surface area (Å²) >= 11 is 1.57. The van der Waals surface area contributed by atoms with Crippen LogP contribution in [0.3, 0.4) is 0 Å². The summed E-state index contributed by atoms with van der Waals surface area (Å²) in [6.07, 6.45) is 8.10. The maximum Gasteiger partial charge on any atom is 0.410 e. The third kappa shape index (κ3) is 5.82. The van der Waals surface area contributed by atoms with Gasteiger partial charge in [0.1, 0.15) is 27.8 Å². The number of aromatic nitrogens is 5. The summed E-state index contributed by atoms with van der Waals surface area (Å²) in [5.74, 6) is 0.833. The van der Waals surface area contributed by atoms with Gasteiger partial charge < -0.3 is 14.2 Å². The number of hydrogen-bond acceptors (Lipinski definition) is 6. The molecular formula is C33H32N6O2S. The van der Waals surface area contributed by atoms with Crippen molar-refractivity contribution in [3.63, 3.8) is 0 Å². The standard InChI is InChI=1S/C33H32N6O2S/c1-33(2,3)41-32(40)37(4)19-15-23-7-11-27(12-8-23)39-22-28(31-35-18-21-42-31)36-30(39)25-9-13-26(14-10-25)38-20-16-24-6-5-17-34-29(24)38/h5-14,16-18,20-22H,15,19H2,1-4H3. The molecule has 0 N–H and O–H groups in total. The lowest BCUT2D eigenvalue weighted by Gasteiger charge is -2.24. The molecule has 0 aliphatic rings. The molecular weight excluding hydrogens is 544 g/mol. The van der Waals surface area contributed by atoms with Crippen molar-refractivity contribution in [2.24, 2.45) is 0 Å². The molecule has 0 spiro atoms. The summed E-state index contributed by atoms with van der Waals surface area (Å²) in [5, 5.41) is 3.94. The van der Waals surface area contributed by atoms with Crippen LogP contribution in [-0.2, 0) is 11.2 Å². The Morgan fingerprint density at radius 1 is 0.929 bits per heavy atom. The van der Waals surface area contributed by atoms with Crippen LogP contribution in [0, 0.1) is 0 Å². The van der Waals surface area contributed by atoms with Gasteiger partial charge in [0, 0.05) is 66.1 Å². The van der Waals surface area contributed by atoms with Gasteiger partial charge in [-0.3, -0.25) is 4.57 Å². The highest BCUT2D eigenvalue weighted by Gasteiger charge is 2.19. The quantitative estimate of drug-likeness (QED) is 0.198. The molecule has 0 aliphatic heterocycles. The molecule has 0 fully saturated rings. The lowest BCUT2D eigenvalue weighted by Crippen LogP contribution is -2.35. The van der Waals surface area contributed by atoms with E-state index in [4.69, 9.17) is 9.72 Å². The Labute approximate surface area is 248 Å². The summed E-state index contributed by atoms with van der Waals surface area (Å²) in [5.41, 5.74) is 5.40. The number of nitrogens with zero attached hydrogens (tertiary/aromatic N) is 6. The first-order chi connectivity index (χ1) is 20.2. The number of ether oxygens (including phenoxy) is 1. The van der Waals surface area contributed by atoms with E-state index in [-0.39, 0.29) is 6.09 Å². The average Bonchev–Trinajstić information content (AvgIpc) is 3.75. The molecule has 0 bridgehead atoms. The minimum Gasteiger partial charge on any atom is -0.444 e. The Balaban J connectivity index is 1.26. The topological polar surface area (TPSA) is 78.1 Å². The van der Waals surface area contributed by atoms with Gasteiger partial charge in [0.05, 0.1) is 0 Å². The van der Waals surface area contributed by atoms with Crippen LogP contribution in [0.5, 0.6) is 0 Å². The van der Waals surface area contributed by atoms with Crippen molar-refractivity contribution in [3.8, 4) is 33.5 Å². The number of pyridine rings is 1. The van der Waals surface area contributed by atoms with Gasteiger partial charge in [-0.2, -0.15) is 0 Å². The number of benzene rings is 2. The highest BCUT2D eigenvalue weighted by molar-refractivity contribution is 7.13. The summed E-state index contributed by atoms with van der Waals surface area (Å²) in [6, 6.07) is 22.8. The molecule has 0 saturated carbocycles. The fraction of sp³-hybridized carbons (Fsp3) is 0.212. The Morgan fingerprint density at radius 2 is 1.67 bits per heavy atom. The van der Waals surface area contributed by atoms with E-state index in [1.807, 2.05) is 50.8 Å². The molecule has 9 heteroatoms. The van der Waals surface area contributed by atoms with Gasteiger partial charge in [-0.1, -0.05) is 12.1 Å². The van der Waals surface area contributed by atoms with Gasteiger partial charge in [0.2, 0.25) is 0 Å². The van der Waals surface area contributed by atoms with Crippen LogP contribution in [0.4, 0.5) is 4.79 Å². The molecule has 4 aromatic heterocycles. The maximum absolute atomic E-state index is 12.3. The second kappa shape index (κ2) is 11.3. The number of imidazole rings is 1. The lowest BCUT2D eigenvalue weighted by molar-refractivity contribution is 0.0300. The van der Waals surface area contributed by atoms with Crippen LogP contribution in [-0.4, -0.2) is 54.3 Å². The van der Waals surface area contributed by atoms with Crippen LogP contribution in [0.2, 0.25) is 0 Å². The van der Waals surface area contributed by atoms with Gasteiger partial charge in [-0.25, -0.2) is 19.7 Å². The van der Waals surface area contributed by atoms with E-state index < -0.39 is 5.60 Å². The van der Waals surface area contributed by atoms with Crippen LogP contribution >= 0.6 is 11.3 Å². The number of carbonyl (C=O) groups is 1. The molecule has 8 nitrogen and oxygen atoms in total. The van der Waals surface area contributed by atoms with Gasteiger partial charge >= 0.3 is 6.09 Å². The Hall–Kier alpha value is -4.76. The van der Waals surface area contributed by atoms with Gasteiger partial charge in [0.25, 0.3) is 0 Å². The molecule has 0 radical (unpaired) electrons. The molecule has 4 heterocycles. The zero-order valence-electron chi connectivity index (χ0n) is 24.1. The Morgan fingerprint density at radius 3 is 2.38 bits per heavy atom. The largest absolute Gasteiger partial charge is 0.444 e. The second-order valence-corrected chi connectivity index (χ2v) is 12.0. The first-order valence-corrected chi connectivity index (χ1v) is 14.7. The van der Waals surface area contributed by atoms with E-state index in [0.29, 0.717) is 6.54 Å². The van der Waals surface area contributed by atoms with Gasteiger partial charge in [0.15, 0.2) is 0 Å². The first kappa shape index (κ1) is 27.4. The molecule has 42 heavy (non-hydrogen) atoms. The number of fused-ring (bicyclic) bond motifs is 1. The van der Waals surface area contributed by atoms with Gasteiger partial charge in [-0.15, -0.1) is 11.3 Å². The SMILES string of the molecule is CN(CCc1ccc(-n2cc(-c3nccs3)nc2-c2ccc(-n3ccc4cccnc43)cc2)cc1)C(=O)OC(C)(C)C. The molecule has 0 atom stereocenters. The van der Waals surface area contributed by atoms with Crippen molar-refractivity contribution < 1.29 is 9.53 Å². The number of likely N-dealkylation sites (N-methyl/N-ethyl adjacent to an activating group) is 1. The van der Waals surface area contributed by atoms with Crippen LogP contribution in [0.25, 0.3) is 44.5 Å². The fourth-order valence-corrected chi connectivity index (χ4v) is 5.32. The van der Waals surface area contributed by atoms with Crippen molar-refractivity contribution in [1.29, 1.82) is 0 Å². The van der Waals surface area contributed by atoms with E-state index in [9.17, 15) is 4.79 Å². The zero-order chi connectivity index (χ0) is 29.3. The Bertz CT molecular complexity index is 1810. The number of amides is 1. The third-order valence-electron chi connectivity index (χ3n) is 6.86. The summed E-state index contributed by atoms with van der Waals surface area (Å²) in [6.45, 7) is 6.18. The second-order valence-electron chi connectivity index (χ2n) is 11.1. The Kier molecular flexibility index (Phi) is 7.34. The van der Waals surface area contributed by atoms with Crippen LogP contribution in [0.1, 0.15) is 26.3 Å². The van der Waals surface area contributed by atoms with E-state index in [1.165, 1.54) is 0 Å². The summed E-state index contributed by atoms with van der Waals surface area (Å²) in [4.78, 5) is 28.0. The zero-order valence-corrected chi connectivity index (χ0v) is 24.9. The summed E-state index contributed by atoms with van der Waals surface area (Å²) < 4.78 is 9.66. The maximum atomic E-state index is 12.3. The van der Waals surface area contributed by atoms with Crippen molar-refractivity contribution >= 4 is 28.5 Å². The van der Waals surface area contributed by atoms with Crippen molar-refractivity contribution in [2.45, 2.75) is 32.8 Å². The van der Waals surface area contributed by atoms with Crippen LogP contribution < -0.4 is 0 Å². The number of hydrogen-bond donors (Lipinski definition) is 0. The van der Waals surface area contributed by atoms with E-state index in [1.54, 1.807) is 29.5 Å². The summed E-state index contributed by atoms with van der Waals surface area (Å²) in [7, 11) is 1.76. The molecule has 1 amide bonds. The molecule has 0 aliphatic carbocycles. The predicted octanol–water partition coefficient (Wildman–Crippen LogP) is 7.41. The van der Waals surface area contributed by atoms with Crippen molar-refractivity contribution in [1.82, 2.24) is 29.0 Å². The highest BCUT2D eigenvalue weighted by atomic mass is 32.1. The van der Waals surface area contributed by atoms with E-state index >= 15 is 0 Å². The normalized spacial score (nSPS) is 11.6. The smallest absolute Gasteiger partial charge is 0.410 e. The molecule has 212 valence electrons. The molecule has 0 unspecified atom stereocenters. The monoisotopic (exact) mass is 576 g/mol. The van der Waals surface area contributed by atoms with Crippen LogP contribution in [0.15, 0.2) is 96.9 Å². The fourth-order valence-electron chi connectivity index (χ4n) is 4.73. The number of carbonyl (C=O) groups excluding carboxylic acids is 1. The minimum absolute atomic E-state index is 0.316. The molecule has 6 rings (SSSR count). The number of thiazole rings is 1. The molecule has 0 saturated heterocycles. The number of rotatable bonds is 7. The highest BCUT2D eigenvalue weighted by Crippen LogP contribution is 2.30. The third-order valence-corrected chi connectivity index (χ3v) is 7.66. The minimum atomic E-state index is -0.513. The first-order valence-electron chi connectivity index (χ1n) is 13.8. The van der Waals surface area contributed by atoms with Crippen molar-refractivity contribution in [3.05, 3.63) is 102 Å². The van der Waals surface area contributed by atoms with E-state index in [0.717, 1.165) is 56.5 Å². The lowest BCUT2D eigenvalue weighted by atomic mass is 10.1. The average molecular weight is 577 g/mol. The van der Waals surface area contributed by atoms with E-state index in [2.05, 4.69) is 79.8 Å². The van der Waals surface area contributed by atoms with Gasteiger partial charge in [-0.05, 0) is 87.4 Å². The predicted molar refractivity (Wildman–Crippen MR) is 167 cm³/mol.